The molecule has 0 unspecified atom stereocenters. The molecule has 0 spiro atoms. The summed E-state index contributed by atoms with van der Waals surface area (Å²) in [5.41, 5.74) is 4.21. The molecule has 4 nitrogen and oxygen atoms in total. The largest absolute Gasteiger partial charge is 0.497 e. The Kier molecular flexibility index (Phi) is 5.39. The Balaban J connectivity index is 1.60. The predicted molar refractivity (Wildman–Crippen MR) is 126 cm³/mol. The number of aromatic nitrogens is 1. The summed E-state index contributed by atoms with van der Waals surface area (Å²) < 4.78 is 19.2. The monoisotopic (exact) mass is 446 g/mol. The molecule has 1 aliphatic carbocycles. The van der Waals surface area contributed by atoms with Crippen molar-refractivity contribution in [2.24, 2.45) is 0 Å². The predicted octanol–water partition coefficient (Wildman–Crippen LogP) is 6.22. The van der Waals surface area contributed by atoms with Gasteiger partial charge in [-0.05, 0) is 84.8 Å². The highest BCUT2D eigenvalue weighted by atomic mass is 32.1. The van der Waals surface area contributed by atoms with Crippen LogP contribution in [0.15, 0.2) is 60.0 Å². The fourth-order valence-corrected chi connectivity index (χ4v) is 4.84. The molecule has 1 fully saturated rings. The summed E-state index contributed by atoms with van der Waals surface area (Å²) in [5, 5.41) is 2.82. The van der Waals surface area contributed by atoms with Gasteiger partial charge in [-0.25, -0.2) is 9.37 Å². The minimum Gasteiger partial charge on any atom is -0.497 e. The zero-order chi connectivity index (χ0) is 22.2. The summed E-state index contributed by atoms with van der Waals surface area (Å²) in [6.07, 6.45) is 2.03. The third-order valence-electron chi connectivity index (χ3n) is 5.87. The van der Waals surface area contributed by atoms with Crippen molar-refractivity contribution in [3.8, 4) is 17.0 Å². The van der Waals surface area contributed by atoms with Crippen molar-refractivity contribution in [3.05, 3.63) is 81.8 Å². The van der Waals surface area contributed by atoms with Crippen molar-refractivity contribution >= 4 is 28.1 Å². The first-order valence-corrected chi connectivity index (χ1v) is 11.5. The number of hydrogen-bond acceptors (Lipinski definition) is 4. The number of amides is 1. The first kappa shape index (κ1) is 20.6. The lowest BCUT2D eigenvalue weighted by Crippen LogP contribution is -2.32. The van der Waals surface area contributed by atoms with Gasteiger partial charge < -0.3 is 9.64 Å². The minimum absolute atomic E-state index is 0.0693. The molecule has 2 aromatic carbocycles. The van der Waals surface area contributed by atoms with E-state index in [1.165, 1.54) is 23.5 Å². The lowest BCUT2D eigenvalue weighted by molar-refractivity contribution is 0.0734. The van der Waals surface area contributed by atoms with E-state index in [-0.39, 0.29) is 17.8 Å². The Bertz CT molecular complexity index is 1300. The second-order valence-electron chi connectivity index (χ2n) is 8.16. The van der Waals surface area contributed by atoms with Gasteiger partial charge in [-0.1, -0.05) is 0 Å². The van der Waals surface area contributed by atoms with E-state index in [0.717, 1.165) is 51.2 Å². The third kappa shape index (κ3) is 3.98. The van der Waals surface area contributed by atoms with Crippen LogP contribution >= 0.6 is 11.3 Å². The molecule has 2 aromatic heterocycles. The van der Waals surface area contributed by atoms with E-state index in [2.05, 4.69) is 0 Å². The van der Waals surface area contributed by atoms with Crippen LogP contribution in [-0.2, 0) is 6.54 Å². The molecule has 0 radical (unpaired) electrons. The number of methoxy groups -OCH3 is 1. The van der Waals surface area contributed by atoms with Crippen molar-refractivity contribution < 1.29 is 13.9 Å². The number of pyridine rings is 1. The van der Waals surface area contributed by atoms with Gasteiger partial charge in [0.1, 0.15) is 11.6 Å². The smallest absolute Gasteiger partial charge is 0.264 e. The molecule has 6 heteroatoms. The van der Waals surface area contributed by atoms with Gasteiger partial charge in [0.05, 0.1) is 23.2 Å². The van der Waals surface area contributed by atoms with Crippen molar-refractivity contribution in [1.29, 1.82) is 0 Å². The highest BCUT2D eigenvalue weighted by molar-refractivity contribution is 7.12. The van der Waals surface area contributed by atoms with Crippen LogP contribution in [0.4, 0.5) is 4.39 Å². The van der Waals surface area contributed by atoms with Crippen LogP contribution < -0.4 is 4.74 Å². The average molecular weight is 447 g/mol. The van der Waals surface area contributed by atoms with E-state index in [0.29, 0.717) is 12.1 Å². The summed E-state index contributed by atoms with van der Waals surface area (Å²) in [4.78, 5) is 21.0. The standard InChI is InChI=1S/C26H23FN2O2S/c1-16-11-12-32-25(16)26(30)29(21-7-8-21)15-19-13-18-3-6-20(27)14-23(18)28-24(19)17-4-9-22(31-2)10-5-17/h3-6,9-14,21H,7-8,15H2,1-2H3. The molecule has 0 saturated heterocycles. The highest BCUT2D eigenvalue weighted by Gasteiger charge is 2.34. The molecule has 5 rings (SSSR count). The third-order valence-corrected chi connectivity index (χ3v) is 6.87. The van der Waals surface area contributed by atoms with E-state index in [1.54, 1.807) is 13.2 Å². The zero-order valence-corrected chi connectivity index (χ0v) is 18.8. The SMILES string of the molecule is COc1ccc(-c2nc3cc(F)ccc3cc2CN(C(=O)c2sccc2C)C2CC2)cc1. The fraction of sp³-hybridized carbons (Fsp3) is 0.231. The number of thiophene rings is 1. The summed E-state index contributed by atoms with van der Waals surface area (Å²) in [7, 11) is 1.63. The molecule has 32 heavy (non-hydrogen) atoms. The van der Waals surface area contributed by atoms with Crippen LogP contribution in [0, 0.1) is 12.7 Å². The number of carbonyl (C=O) groups is 1. The van der Waals surface area contributed by atoms with E-state index in [1.807, 2.05) is 53.6 Å². The van der Waals surface area contributed by atoms with Gasteiger partial charge in [-0.15, -0.1) is 11.3 Å². The number of carbonyl (C=O) groups excluding carboxylic acids is 1. The van der Waals surface area contributed by atoms with Gasteiger partial charge in [-0.3, -0.25) is 4.79 Å². The molecule has 1 amide bonds. The maximum Gasteiger partial charge on any atom is 0.264 e. The van der Waals surface area contributed by atoms with Crippen LogP contribution in [0.1, 0.15) is 33.6 Å². The van der Waals surface area contributed by atoms with Gasteiger partial charge in [0.2, 0.25) is 0 Å². The topological polar surface area (TPSA) is 42.4 Å². The Morgan fingerprint density at radius 3 is 2.59 bits per heavy atom. The fourth-order valence-electron chi connectivity index (χ4n) is 3.96. The molecular formula is C26H23FN2O2S. The Labute approximate surface area is 190 Å². The Morgan fingerprint density at radius 2 is 1.94 bits per heavy atom. The number of fused-ring (bicyclic) bond motifs is 1. The van der Waals surface area contributed by atoms with Crippen LogP contribution in [0.2, 0.25) is 0 Å². The molecule has 4 aromatic rings. The first-order chi connectivity index (χ1) is 15.5. The molecule has 162 valence electrons. The Hall–Kier alpha value is -3.25. The molecule has 1 aliphatic rings. The number of ether oxygens (including phenoxy) is 1. The van der Waals surface area contributed by atoms with Crippen molar-refractivity contribution in [2.75, 3.05) is 7.11 Å². The van der Waals surface area contributed by atoms with E-state index in [9.17, 15) is 9.18 Å². The van der Waals surface area contributed by atoms with E-state index in [4.69, 9.17) is 9.72 Å². The highest BCUT2D eigenvalue weighted by Crippen LogP contribution is 2.34. The first-order valence-electron chi connectivity index (χ1n) is 10.6. The van der Waals surface area contributed by atoms with Crippen molar-refractivity contribution in [2.45, 2.75) is 32.4 Å². The molecule has 0 bridgehead atoms. The quantitative estimate of drug-likeness (QED) is 0.353. The zero-order valence-electron chi connectivity index (χ0n) is 18.0. The maximum absolute atomic E-state index is 13.9. The number of hydrogen-bond donors (Lipinski definition) is 0. The van der Waals surface area contributed by atoms with Crippen molar-refractivity contribution in [3.63, 3.8) is 0 Å². The van der Waals surface area contributed by atoms with Gasteiger partial charge in [-0.2, -0.15) is 0 Å². The maximum atomic E-state index is 13.9. The lowest BCUT2D eigenvalue weighted by atomic mass is 10.0. The summed E-state index contributed by atoms with van der Waals surface area (Å²) in [5.74, 6) is 0.506. The molecule has 0 atom stereocenters. The second-order valence-corrected chi connectivity index (χ2v) is 9.07. The molecular weight excluding hydrogens is 423 g/mol. The van der Waals surface area contributed by atoms with E-state index >= 15 is 0 Å². The van der Waals surface area contributed by atoms with E-state index < -0.39 is 0 Å². The number of benzene rings is 2. The second kappa shape index (κ2) is 8.36. The number of halogens is 1. The van der Waals surface area contributed by atoms with Gasteiger partial charge in [0.15, 0.2) is 0 Å². The average Bonchev–Trinajstić information content (AvgIpc) is 3.56. The van der Waals surface area contributed by atoms with Crippen LogP contribution in [0.3, 0.4) is 0 Å². The molecule has 2 heterocycles. The van der Waals surface area contributed by atoms with Crippen molar-refractivity contribution in [1.82, 2.24) is 9.88 Å². The van der Waals surface area contributed by atoms with Gasteiger partial charge in [0, 0.05) is 29.6 Å². The number of aryl methyl sites for hydroxylation is 1. The van der Waals surface area contributed by atoms with Crippen LogP contribution in [0.25, 0.3) is 22.2 Å². The summed E-state index contributed by atoms with van der Waals surface area (Å²) in [6, 6.07) is 16.6. The molecule has 1 saturated carbocycles. The number of rotatable bonds is 6. The number of nitrogens with zero attached hydrogens (tertiary/aromatic N) is 2. The van der Waals surface area contributed by atoms with Gasteiger partial charge in [0.25, 0.3) is 5.91 Å². The molecule has 0 N–H and O–H groups in total. The normalized spacial score (nSPS) is 13.3. The summed E-state index contributed by atoms with van der Waals surface area (Å²) >= 11 is 1.49. The minimum atomic E-state index is -0.318. The van der Waals surface area contributed by atoms with Gasteiger partial charge >= 0.3 is 0 Å². The van der Waals surface area contributed by atoms with Crippen LogP contribution in [-0.4, -0.2) is 28.9 Å². The summed E-state index contributed by atoms with van der Waals surface area (Å²) in [6.45, 7) is 2.44. The Morgan fingerprint density at radius 1 is 1.16 bits per heavy atom. The lowest BCUT2D eigenvalue weighted by Gasteiger charge is -2.24. The molecule has 0 aliphatic heterocycles. The van der Waals surface area contributed by atoms with Crippen LogP contribution in [0.5, 0.6) is 5.75 Å².